The first-order chi connectivity index (χ1) is 21.6. The standard InChI is InChI=1S/C31H42N8O5S/c1-20(2)27-21(3)25-19-33-31(35-28(25)39(30(27)41)23-6-4-5-7-23)34-26-9-8-24(18-32-26)37-12-14-38(15-13-37)45(42,43)36-29(40)22-10-16-44-17-11-22/h8-9,18-20,22-23H,4-7,10-17H2,1-3H3,(H,36,40)(H,32,33,34,35). The van der Waals surface area contributed by atoms with Gasteiger partial charge < -0.3 is 15.0 Å². The number of amides is 1. The van der Waals surface area contributed by atoms with Gasteiger partial charge in [-0.05, 0) is 56.2 Å². The fraction of sp³-hybridized carbons (Fsp3) is 0.581. The molecule has 0 atom stereocenters. The van der Waals surface area contributed by atoms with Gasteiger partial charge in [-0.15, -0.1) is 0 Å². The van der Waals surface area contributed by atoms with E-state index in [1.54, 1.807) is 12.4 Å². The number of aromatic nitrogens is 4. The van der Waals surface area contributed by atoms with E-state index in [0.29, 0.717) is 56.6 Å². The number of rotatable bonds is 8. The van der Waals surface area contributed by atoms with Crippen LogP contribution in [0.5, 0.6) is 0 Å². The zero-order chi connectivity index (χ0) is 31.7. The highest BCUT2D eigenvalue weighted by molar-refractivity contribution is 7.87. The summed E-state index contributed by atoms with van der Waals surface area (Å²) in [6.45, 7) is 8.45. The Morgan fingerprint density at radius 3 is 2.36 bits per heavy atom. The lowest BCUT2D eigenvalue weighted by atomic mass is 9.97. The Morgan fingerprint density at radius 1 is 1.00 bits per heavy atom. The average molecular weight is 639 g/mol. The average Bonchev–Trinajstić information content (AvgIpc) is 3.56. The molecule has 0 bridgehead atoms. The van der Waals surface area contributed by atoms with Crippen LogP contribution in [0.3, 0.4) is 0 Å². The summed E-state index contributed by atoms with van der Waals surface area (Å²) in [4.78, 5) is 42.2. The van der Waals surface area contributed by atoms with Crippen molar-refractivity contribution in [2.24, 2.45) is 5.92 Å². The monoisotopic (exact) mass is 638 g/mol. The van der Waals surface area contributed by atoms with E-state index < -0.39 is 16.1 Å². The summed E-state index contributed by atoms with van der Waals surface area (Å²) < 4.78 is 36.4. The van der Waals surface area contributed by atoms with E-state index >= 15 is 0 Å². The lowest BCUT2D eigenvalue weighted by Gasteiger charge is -2.35. The molecule has 13 nitrogen and oxygen atoms in total. The van der Waals surface area contributed by atoms with E-state index in [0.717, 1.165) is 47.9 Å². The van der Waals surface area contributed by atoms with Gasteiger partial charge in [-0.2, -0.15) is 17.7 Å². The van der Waals surface area contributed by atoms with E-state index in [2.05, 4.69) is 38.8 Å². The largest absolute Gasteiger partial charge is 0.381 e. The zero-order valence-electron chi connectivity index (χ0n) is 26.2. The molecule has 242 valence electrons. The third-order valence-corrected chi connectivity index (χ3v) is 10.8. The number of nitrogens with one attached hydrogen (secondary N) is 2. The summed E-state index contributed by atoms with van der Waals surface area (Å²) in [7, 11) is -3.91. The van der Waals surface area contributed by atoms with E-state index in [1.807, 2.05) is 23.6 Å². The van der Waals surface area contributed by atoms with E-state index in [9.17, 15) is 18.0 Å². The molecule has 0 aromatic carbocycles. The summed E-state index contributed by atoms with van der Waals surface area (Å²) in [6, 6.07) is 3.88. The molecule has 3 aliphatic rings. The van der Waals surface area contributed by atoms with Crippen molar-refractivity contribution in [2.75, 3.05) is 49.6 Å². The molecule has 3 aromatic heterocycles. The topological polar surface area (TPSA) is 152 Å². The van der Waals surface area contributed by atoms with Gasteiger partial charge in [-0.1, -0.05) is 26.7 Å². The van der Waals surface area contributed by atoms with Gasteiger partial charge in [0, 0.05) is 68.5 Å². The Kier molecular flexibility index (Phi) is 9.07. The van der Waals surface area contributed by atoms with Crippen molar-refractivity contribution in [1.29, 1.82) is 0 Å². The first-order valence-corrected chi connectivity index (χ1v) is 17.4. The summed E-state index contributed by atoms with van der Waals surface area (Å²) >= 11 is 0. The van der Waals surface area contributed by atoms with Crippen LogP contribution in [-0.2, 0) is 19.7 Å². The maximum atomic E-state index is 13.7. The van der Waals surface area contributed by atoms with Crippen molar-refractivity contribution in [3.8, 4) is 0 Å². The molecule has 2 saturated heterocycles. The first kappa shape index (κ1) is 31.4. The molecule has 45 heavy (non-hydrogen) atoms. The number of aryl methyl sites for hydroxylation is 1. The minimum atomic E-state index is -3.91. The van der Waals surface area contributed by atoms with Gasteiger partial charge in [0.25, 0.3) is 5.56 Å². The molecular formula is C31H42N8O5S. The highest BCUT2D eigenvalue weighted by Crippen LogP contribution is 2.33. The molecule has 0 spiro atoms. The van der Waals surface area contributed by atoms with Crippen molar-refractivity contribution in [1.82, 2.24) is 28.5 Å². The van der Waals surface area contributed by atoms with Crippen LogP contribution in [0.15, 0.2) is 29.3 Å². The summed E-state index contributed by atoms with van der Waals surface area (Å²) in [5, 5.41) is 4.08. The maximum absolute atomic E-state index is 13.7. The van der Waals surface area contributed by atoms with Crippen LogP contribution in [0.2, 0.25) is 0 Å². The summed E-state index contributed by atoms with van der Waals surface area (Å²) in [5.41, 5.74) is 3.32. The normalized spacial score (nSPS) is 19.0. The third kappa shape index (κ3) is 6.54. The van der Waals surface area contributed by atoms with Crippen molar-refractivity contribution in [3.05, 3.63) is 46.0 Å². The Morgan fingerprint density at radius 2 is 1.71 bits per heavy atom. The number of hydrogen-bond donors (Lipinski definition) is 2. The molecule has 2 aliphatic heterocycles. The molecule has 0 radical (unpaired) electrons. The molecule has 5 heterocycles. The van der Waals surface area contributed by atoms with Crippen LogP contribution in [0.1, 0.15) is 75.5 Å². The molecule has 1 amide bonds. The Hall–Kier alpha value is -3.62. The minimum Gasteiger partial charge on any atom is -0.381 e. The SMILES string of the molecule is Cc1c(C(C)C)c(=O)n(C2CCCC2)c2nc(Nc3ccc(N4CCN(S(=O)(=O)NC(=O)C5CCOCC5)CC4)cn3)ncc12. The first-order valence-electron chi connectivity index (χ1n) is 15.9. The highest BCUT2D eigenvalue weighted by Gasteiger charge is 2.32. The van der Waals surface area contributed by atoms with Crippen LogP contribution in [0, 0.1) is 12.8 Å². The summed E-state index contributed by atoms with van der Waals surface area (Å²) in [6.07, 6.45) is 8.73. The second-order valence-electron chi connectivity index (χ2n) is 12.5. The highest BCUT2D eigenvalue weighted by atomic mass is 32.2. The maximum Gasteiger partial charge on any atom is 0.303 e. The lowest BCUT2D eigenvalue weighted by molar-refractivity contribution is -0.126. The Labute approximate surface area is 263 Å². The van der Waals surface area contributed by atoms with E-state index in [1.165, 1.54) is 4.31 Å². The van der Waals surface area contributed by atoms with Gasteiger partial charge in [0.05, 0.1) is 11.9 Å². The number of fused-ring (bicyclic) bond motifs is 1. The molecule has 3 fully saturated rings. The molecule has 6 rings (SSSR count). The second-order valence-corrected chi connectivity index (χ2v) is 14.2. The number of carbonyl (C=O) groups is 1. The van der Waals surface area contributed by atoms with Crippen molar-refractivity contribution in [3.63, 3.8) is 0 Å². The Bertz CT molecular complexity index is 1710. The zero-order valence-corrected chi connectivity index (χ0v) is 27.0. The van der Waals surface area contributed by atoms with Gasteiger partial charge in [0.2, 0.25) is 11.9 Å². The van der Waals surface area contributed by atoms with Crippen LogP contribution < -0.4 is 20.5 Å². The molecule has 1 aliphatic carbocycles. The van der Waals surface area contributed by atoms with Crippen molar-refractivity contribution >= 4 is 44.6 Å². The lowest BCUT2D eigenvalue weighted by Crippen LogP contribution is -2.54. The number of anilines is 3. The van der Waals surface area contributed by atoms with Gasteiger partial charge in [0.1, 0.15) is 11.5 Å². The number of carbonyl (C=O) groups excluding carboxylic acids is 1. The van der Waals surface area contributed by atoms with Gasteiger partial charge >= 0.3 is 10.2 Å². The van der Waals surface area contributed by atoms with Crippen molar-refractivity contribution < 1.29 is 17.9 Å². The predicted molar refractivity (Wildman–Crippen MR) is 172 cm³/mol. The molecule has 14 heteroatoms. The molecule has 1 saturated carbocycles. The third-order valence-electron chi connectivity index (χ3n) is 9.27. The quantitative estimate of drug-likeness (QED) is 0.376. The summed E-state index contributed by atoms with van der Waals surface area (Å²) in [5.74, 6) is 0.228. The Balaban J connectivity index is 1.13. The fourth-order valence-electron chi connectivity index (χ4n) is 6.78. The smallest absolute Gasteiger partial charge is 0.303 e. The minimum absolute atomic E-state index is 0.0450. The number of ether oxygens (including phenoxy) is 1. The number of hydrogen-bond acceptors (Lipinski definition) is 10. The number of pyridine rings is 2. The molecule has 2 N–H and O–H groups in total. The van der Waals surface area contributed by atoms with Crippen LogP contribution in [0.25, 0.3) is 11.0 Å². The van der Waals surface area contributed by atoms with Crippen LogP contribution in [-0.4, -0.2) is 77.5 Å². The predicted octanol–water partition coefficient (Wildman–Crippen LogP) is 3.39. The number of piperazine rings is 1. The second kappa shape index (κ2) is 13.0. The molecule has 0 unspecified atom stereocenters. The molecular weight excluding hydrogens is 596 g/mol. The van der Waals surface area contributed by atoms with E-state index in [-0.39, 0.29) is 36.5 Å². The van der Waals surface area contributed by atoms with Gasteiger partial charge in [0.15, 0.2) is 0 Å². The fourth-order valence-corrected chi connectivity index (χ4v) is 7.97. The van der Waals surface area contributed by atoms with Gasteiger partial charge in [-0.25, -0.2) is 14.7 Å². The number of nitrogens with zero attached hydrogens (tertiary/aromatic N) is 6. The van der Waals surface area contributed by atoms with Crippen molar-refractivity contribution in [2.45, 2.75) is 71.3 Å². The van der Waals surface area contributed by atoms with Gasteiger partial charge in [-0.3, -0.25) is 14.2 Å². The van der Waals surface area contributed by atoms with E-state index in [4.69, 9.17) is 9.72 Å². The van der Waals surface area contributed by atoms with Crippen LogP contribution in [0.4, 0.5) is 17.5 Å². The van der Waals surface area contributed by atoms with Crippen LogP contribution >= 0.6 is 0 Å². The molecule has 3 aromatic rings.